The first-order valence-corrected chi connectivity index (χ1v) is 11.5. The third-order valence-corrected chi connectivity index (χ3v) is 5.17. The van der Waals surface area contributed by atoms with Gasteiger partial charge in [-0.25, -0.2) is 0 Å². The van der Waals surface area contributed by atoms with E-state index in [0.717, 1.165) is 62.5 Å². The highest BCUT2D eigenvalue weighted by molar-refractivity contribution is 5.69. The number of aryl methyl sites for hydroxylation is 1. The molecule has 29 heavy (non-hydrogen) atoms. The Labute approximate surface area is 177 Å². The molecule has 0 radical (unpaired) electrons. The lowest BCUT2D eigenvalue weighted by atomic mass is 10.1. The van der Waals surface area contributed by atoms with Crippen molar-refractivity contribution >= 4 is 11.9 Å². The van der Waals surface area contributed by atoms with Crippen molar-refractivity contribution in [1.82, 2.24) is 0 Å². The van der Waals surface area contributed by atoms with Gasteiger partial charge in [0, 0.05) is 12.8 Å². The summed E-state index contributed by atoms with van der Waals surface area (Å²) < 4.78 is 10.6. The van der Waals surface area contributed by atoms with Gasteiger partial charge in [0.1, 0.15) is 6.61 Å². The van der Waals surface area contributed by atoms with E-state index in [1.807, 2.05) is 31.2 Å². The molecule has 0 aliphatic heterocycles. The van der Waals surface area contributed by atoms with Crippen LogP contribution in [0.4, 0.5) is 0 Å². The molecule has 1 aromatic carbocycles. The minimum atomic E-state index is -0.120. The maximum Gasteiger partial charge on any atom is 0.306 e. The molecule has 0 aromatic heterocycles. The van der Waals surface area contributed by atoms with E-state index in [2.05, 4.69) is 6.92 Å². The van der Waals surface area contributed by atoms with E-state index in [4.69, 9.17) is 9.47 Å². The lowest BCUT2D eigenvalue weighted by Gasteiger charge is -2.07. The van der Waals surface area contributed by atoms with Crippen molar-refractivity contribution in [2.24, 2.45) is 0 Å². The van der Waals surface area contributed by atoms with E-state index in [0.29, 0.717) is 26.1 Å². The van der Waals surface area contributed by atoms with Crippen LogP contribution in [-0.2, 0) is 25.7 Å². The molecule has 1 aromatic rings. The summed E-state index contributed by atoms with van der Waals surface area (Å²) in [7, 11) is 0. The number of carbonyl (C=O) groups is 2. The monoisotopic (exact) mass is 404 g/mol. The van der Waals surface area contributed by atoms with E-state index in [-0.39, 0.29) is 11.9 Å². The van der Waals surface area contributed by atoms with Crippen molar-refractivity contribution in [2.75, 3.05) is 6.61 Å². The molecule has 0 atom stereocenters. The second-order valence-electron chi connectivity index (χ2n) is 7.84. The molecular formula is C25H40O4. The number of hydrogen-bond donors (Lipinski definition) is 0. The molecule has 0 bridgehead atoms. The lowest BCUT2D eigenvalue weighted by molar-refractivity contribution is -0.145. The van der Waals surface area contributed by atoms with Gasteiger partial charge in [0.05, 0.1) is 6.61 Å². The average molecular weight is 405 g/mol. The minimum absolute atomic E-state index is 0.0584. The number of rotatable bonds is 17. The quantitative estimate of drug-likeness (QED) is 0.215. The van der Waals surface area contributed by atoms with Gasteiger partial charge in [-0.2, -0.15) is 0 Å². The fraction of sp³-hybridized carbons (Fsp3) is 0.680. The molecule has 4 nitrogen and oxygen atoms in total. The predicted octanol–water partition coefficient (Wildman–Crippen LogP) is 6.67. The lowest BCUT2D eigenvalue weighted by Crippen LogP contribution is -2.05. The molecule has 4 heteroatoms. The van der Waals surface area contributed by atoms with Crippen LogP contribution in [0.5, 0.6) is 0 Å². The van der Waals surface area contributed by atoms with Crippen LogP contribution < -0.4 is 0 Å². The maximum absolute atomic E-state index is 11.8. The van der Waals surface area contributed by atoms with E-state index < -0.39 is 0 Å². The third kappa shape index (κ3) is 13.9. The van der Waals surface area contributed by atoms with Gasteiger partial charge in [-0.15, -0.1) is 0 Å². The number of esters is 2. The molecule has 0 spiro atoms. The fourth-order valence-corrected chi connectivity index (χ4v) is 3.21. The number of carbonyl (C=O) groups excluding carboxylic acids is 2. The predicted molar refractivity (Wildman–Crippen MR) is 118 cm³/mol. The molecule has 0 aliphatic rings. The summed E-state index contributed by atoms with van der Waals surface area (Å²) in [6.07, 6.45) is 12.9. The topological polar surface area (TPSA) is 52.6 Å². The Hall–Kier alpha value is -1.84. The Balaban J connectivity index is 1.88. The van der Waals surface area contributed by atoms with Crippen LogP contribution in [-0.4, -0.2) is 18.5 Å². The Morgan fingerprint density at radius 2 is 1.28 bits per heavy atom. The van der Waals surface area contributed by atoms with Crippen molar-refractivity contribution in [3.63, 3.8) is 0 Å². The molecule has 0 saturated carbocycles. The molecule has 0 heterocycles. The van der Waals surface area contributed by atoms with Gasteiger partial charge in [-0.05, 0) is 37.3 Å². The zero-order valence-corrected chi connectivity index (χ0v) is 18.5. The van der Waals surface area contributed by atoms with Crippen LogP contribution >= 0.6 is 0 Å². The molecule has 0 N–H and O–H groups in total. The standard InChI is InChI=1S/C25H40O4/c1-3-4-5-10-15-20-28-24(26)18-11-8-6-7-9-12-19-25(27)29-21-23-17-14-13-16-22(23)2/h13-14,16-17H,3-12,15,18-21H2,1-2H3. The van der Waals surface area contributed by atoms with Crippen LogP contribution in [0, 0.1) is 6.92 Å². The molecule has 0 amide bonds. The Kier molecular flexibility index (Phi) is 14.8. The van der Waals surface area contributed by atoms with Crippen LogP contribution in [0.15, 0.2) is 24.3 Å². The van der Waals surface area contributed by atoms with Crippen LogP contribution in [0.25, 0.3) is 0 Å². The molecule has 0 unspecified atom stereocenters. The first-order valence-electron chi connectivity index (χ1n) is 11.5. The molecule has 1 rings (SSSR count). The second-order valence-corrected chi connectivity index (χ2v) is 7.84. The van der Waals surface area contributed by atoms with Gasteiger partial charge in [0.25, 0.3) is 0 Å². The first kappa shape index (κ1) is 25.2. The third-order valence-electron chi connectivity index (χ3n) is 5.17. The summed E-state index contributed by atoms with van der Waals surface area (Å²) in [5.74, 6) is -0.178. The van der Waals surface area contributed by atoms with Gasteiger partial charge in [-0.1, -0.05) is 82.6 Å². The number of unbranched alkanes of at least 4 members (excludes halogenated alkanes) is 9. The van der Waals surface area contributed by atoms with Crippen LogP contribution in [0.2, 0.25) is 0 Å². The first-order chi connectivity index (χ1) is 14.1. The van der Waals surface area contributed by atoms with Gasteiger partial charge in [0.15, 0.2) is 0 Å². The highest BCUT2D eigenvalue weighted by Gasteiger charge is 2.05. The highest BCUT2D eigenvalue weighted by Crippen LogP contribution is 2.12. The Bertz CT molecular complexity index is 568. The van der Waals surface area contributed by atoms with E-state index >= 15 is 0 Å². The highest BCUT2D eigenvalue weighted by atomic mass is 16.5. The van der Waals surface area contributed by atoms with E-state index in [9.17, 15) is 9.59 Å². The smallest absolute Gasteiger partial charge is 0.306 e. The zero-order chi connectivity index (χ0) is 21.2. The summed E-state index contributed by atoms with van der Waals surface area (Å²) in [4.78, 5) is 23.5. The number of hydrogen-bond acceptors (Lipinski definition) is 4. The Morgan fingerprint density at radius 1 is 0.724 bits per heavy atom. The SMILES string of the molecule is CCCCCCCOC(=O)CCCCCCCCC(=O)OCc1ccccc1C. The van der Waals surface area contributed by atoms with Gasteiger partial charge in [0.2, 0.25) is 0 Å². The van der Waals surface area contributed by atoms with Gasteiger partial charge < -0.3 is 9.47 Å². The summed E-state index contributed by atoms with van der Waals surface area (Å²) in [6, 6.07) is 7.97. The molecule has 0 saturated heterocycles. The van der Waals surface area contributed by atoms with Crippen molar-refractivity contribution < 1.29 is 19.1 Å². The largest absolute Gasteiger partial charge is 0.466 e. The van der Waals surface area contributed by atoms with Gasteiger partial charge >= 0.3 is 11.9 Å². The number of ether oxygens (including phenoxy) is 2. The Morgan fingerprint density at radius 3 is 1.93 bits per heavy atom. The summed E-state index contributed by atoms with van der Waals surface area (Å²) >= 11 is 0. The van der Waals surface area contributed by atoms with Crippen LogP contribution in [0.1, 0.15) is 102 Å². The molecular weight excluding hydrogens is 364 g/mol. The minimum Gasteiger partial charge on any atom is -0.466 e. The fourth-order valence-electron chi connectivity index (χ4n) is 3.21. The van der Waals surface area contributed by atoms with E-state index in [1.165, 1.54) is 19.3 Å². The molecule has 0 fully saturated rings. The van der Waals surface area contributed by atoms with Gasteiger partial charge in [-0.3, -0.25) is 9.59 Å². The van der Waals surface area contributed by atoms with Crippen molar-refractivity contribution in [1.29, 1.82) is 0 Å². The zero-order valence-electron chi connectivity index (χ0n) is 18.5. The summed E-state index contributed by atoms with van der Waals surface area (Å²) in [6.45, 7) is 5.15. The van der Waals surface area contributed by atoms with Crippen LogP contribution in [0.3, 0.4) is 0 Å². The number of benzene rings is 1. The van der Waals surface area contributed by atoms with Crippen molar-refractivity contribution in [2.45, 2.75) is 104 Å². The second kappa shape index (κ2) is 17.1. The molecule has 0 aliphatic carbocycles. The summed E-state index contributed by atoms with van der Waals surface area (Å²) in [5.41, 5.74) is 2.21. The molecule has 164 valence electrons. The van der Waals surface area contributed by atoms with Crippen molar-refractivity contribution in [3.05, 3.63) is 35.4 Å². The van der Waals surface area contributed by atoms with E-state index in [1.54, 1.807) is 0 Å². The van der Waals surface area contributed by atoms with Crippen molar-refractivity contribution in [3.8, 4) is 0 Å². The maximum atomic E-state index is 11.8. The summed E-state index contributed by atoms with van der Waals surface area (Å²) in [5, 5.41) is 0. The normalized spacial score (nSPS) is 10.7. The average Bonchev–Trinajstić information content (AvgIpc) is 2.72.